The SMILES string of the molecule is C=CC(=O)Nc1ccc(-n2ncc3cc(NC(=O)c4ccc(N5CCOCC5)cc4)ccc32)cc1. The van der Waals surface area contributed by atoms with E-state index in [2.05, 4.69) is 27.2 Å². The van der Waals surface area contributed by atoms with Gasteiger partial charge in [0.2, 0.25) is 5.91 Å². The van der Waals surface area contributed by atoms with Gasteiger partial charge in [0.15, 0.2) is 0 Å². The minimum atomic E-state index is -0.259. The van der Waals surface area contributed by atoms with Gasteiger partial charge in [-0.25, -0.2) is 4.68 Å². The number of anilines is 3. The van der Waals surface area contributed by atoms with Gasteiger partial charge in [0.25, 0.3) is 5.91 Å². The fourth-order valence-corrected chi connectivity index (χ4v) is 4.04. The number of carbonyl (C=O) groups excluding carboxylic acids is 2. The Morgan fingerprint density at radius 3 is 2.29 bits per heavy atom. The molecule has 0 unspecified atom stereocenters. The molecule has 1 aliphatic heterocycles. The molecule has 3 aromatic carbocycles. The second-order valence-electron chi connectivity index (χ2n) is 8.17. The molecule has 8 nitrogen and oxygen atoms in total. The van der Waals surface area contributed by atoms with Gasteiger partial charge in [-0.05, 0) is 72.8 Å². The lowest BCUT2D eigenvalue weighted by molar-refractivity contribution is -0.111. The minimum Gasteiger partial charge on any atom is -0.378 e. The molecule has 0 atom stereocenters. The second kappa shape index (κ2) is 9.82. The molecular formula is C27H25N5O3. The molecule has 2 N–H and O–H groups in total. The third kappa shape index (κ3) is 4.92. The van der Waals surface area contributed by atoms with E-state index in [9.17, 15) is 9.59 Å². The molecule has 0 spiro atoms. The van der Waals surface area contributed by atoms with E-state index in [0.717, 1.165) is 48.6 Å². The molecular weight excluding hydrogens is 442 g/mol. The lowest BCUT2D eigenvalue weighted by atomic mass is 10.1. The molecule has 2 amide bonds. The Morgan fingerprint density at radius 1 is 0.886 bits per heavy atom. The Balaban J connectivity index is 1.28. The van der Waals surface area contributed by atoms with Crippen molar-refractivity contribution < 1.29 is 14.3 Å². The number of ether oxygens (including phenoxy) is 1. The minimum absolute atomic E-state index is 0.164. The summed E-state index contributed by atoms with van der Waals surface area (Å²) < 4.78 is 7.21. The van der Waals surface area contributed by atoms with Crippen LogP contribution >= 0.6 is 0 Å². The van der Waals surface area contributed by atoms with Crippen LogP contribution in [0.1, 0.15) is 10.4 Å². The van der Waals surface area contributed by atoms with Crippen molar-refractivity contribution in [1.82, 2.24) is 9.78 Å². The van der Waals surface area contributed by atoms with Crippen LogP contribution < -0.4 is 15.5 Å². The molecule has 8 heteroatoms. The van der Waals surface area contributed by atoms with Crippen molar-refractivity contribution >= 4 is 39.8 Å². The fourth-order valence-electron chi connectivity index (χ4n) is 4.04. The zero-order valence-corrected chi connectivity index (χ0v) is 19.1. The highest BCUT2D eigenvalue weighted by molar-refractivity contribution is 6.05. The summed E-state index contributed by atoms with van der Waals surface area (Å²) in [7, 11) is 0. The zero-order valence-electron chi connectivity index (χ0n) is 19.1. The van der Waals surface area contributed by atoms with Gasteiger partial charge in [-0.2, -0.15) is 5.10 Å². The molecule has 0 aliphatic carbocycles. The Hall–Kier alpha value is -4.43. The first-order valence-corrected chi connectivity index (χ1v) is 11.4. The van der Waals surface area contributed by atoms with Gasteiger partial charge < -0.3 is 20.3 Å². The number of benzene rings is 3. The van der Waals surface area contributed by atoms with E-state index in [0.29, 0.717) is 16.9 Å². The standard InChI is InChI=1S/C27H25N5O3/c1-2-26(33)29-21-5-10-24(11-6-21)32-25-12-7-22(17-20(25)18-28-32)30-27(34)19-3-8-23(9-4-19)31-13-15-35-16-14-31/h2-12,17-18H,1,13-16H2,(H,29,33)(H,30,34). The van der Waals surface area contributed by atoms with Crippen LogP contribution in [0.2, 0.25) is 0 Å². The summed E-state index contributed by atoms with van der Waals surface area (Å²) in [6, 6.07) is 20.7. The van der Waals surface area contributed by atoms with Crippen molar-refractivity contribution in [3.05, 3.63) is 91.1 Å². The molecule has 2 heterocycles. The molecule has 4 aromatic rings. The molecule has 5 rings (SSSR count). The van der Waals surface area contributed by atoms with E-state index in [1.165, 1.54) is 6.08 Å². The molecule has 0 bridgehead atoms. The average Bonchev–Trinajstić information content (AvgIpc) is 3.33. The number of amides is 2. The van der Waals surface area contributed by atoms with Crippen LogP contribution in [-0.4, -0.2) is 47.9 Å². The average molecular weight is 468 g/mol. The van der Waals surface area contributed by atoms with Crippen LogP contribution in [0.3, 0.4) is 0 Å². The maximum absolute atomic E-state index is 12.8. The van der Waals surface area contributed by atoms with E-state index in [1.54, 1.807) is 6.20 Å². The van der Waals surface area contributed by atoms with E-state index in [-0.39, 0.29) is 11.8 Å². The monoisotopic (exact) mass is 467 g/mol. The molecule has 1 saturated heterocycles. The van der Waals surface area contributed by atoms with Crippen molar-refractivity contribution in [3.8, 4) is 5.69 Å². The molecule has 176 valence electrons. The number of nitrogens with one attached hydrogen (secondary N) is 2. The molecule has 1 aliphatic rings. The van der Waals surface area contributed by atoms with Gasteiger partial charge in [0.05, 0.1) is 30.6 Å². The van der Waals surface area contributed by atoms with Gasteiger partial charge in [-0.3, -0.25) is 9.59 Å². The first kappa shape index (κ1) is 22.4. The topological polar surface area (TPSA) is 88.5 Å². The van der Waals surface area contributed by atoms with E-state index >= 15 is 0 Å². The van der Waals surface area contributed by atoms with Crippen molar-refractivity contribution in [2.45, 2.75) is 0 Å². The Morgan fingerprint density at radius 2 is 1.57 bits per heavy atom. The summed E-state index contributed by atoms with van der Waals surface area (Å²) in [5.74, 6) is -0.424. The highest BCUT2D eigenvalue weighted by Crippen LogP contribution is 2.24. The molecule has 0 saturated carbocycles. The largest absolute Gasteiger partial charge is 0.378 e. The fraction of sp³-hybridized carbons (Fsp3) is 0.148. The van der Waals surface area contributed by atoms with E-state index < -0.39 is 0 Å². The summed E-state index contributed by atoms with van der Waals surface area (Å²) in [6.45, 7) is 6.61. The first-order chi connectivity index (χ1) is 17.1. The summed E-state index contributed by atoms with van der Waals surface area (Å²) in [6.07, 6.45) is 2.99. The molecule has 1 aromatic heterocycles. The van der Waals surface area contributed by atoms with Crippen LogP contribution in [0, 0.1) is 0 Å². The zero-order chi connectivity index (χ0) is 24.2. The predicted octanol–water partition coefficient (Wildman–Crippen LogP) is 4.24. The van der Waals surface area contributed by atoms with Crippen LogP contribution in [0.4, 0.5) is 17.1 Å². The smallest absolute Gasteiger partial charge is 0.255 e. The maximum Gasteiger partial charge on any atom is 0.255 e. The third-order valence-electron chi connectivity index (χ3n) is 5.90. The third-order valence-corrected chi connectivity index (χ3v) is 5.90. The maximum atomic E-state index is 12.8. The van der Waals surface area contributed by atoms with Crippen LogP contribution in [0.25, 0.3) is 16.6 Å². The summed E-state index contributed by atoms with van der Waals surface area (Å²) in [5.41, 5.74) is 4.82. The highest BCUT2D eigenvalue weighted by Gasteiger charge is 2.13. The van der Waals surface area contributed by atoms with Crippen LogP contribution in [0.15, 0.2) is 85.6 Å². The number of fused-ring (bicyclic) bond motifs is 1. The Bertz CT molecular complexity index is 1370. The van der Waals surface area contributed by atoms with E-state index in [1.807, 2.05) is 71.4 Å². The lowest BCUT2D eigenvalue weighted by Gasteiger charge is -2.28. The molecule has 0 radical (unpaired) electrons. The van der Waals surface area contributed by atoms with Gasteiger partial charge in [-0.15, -0.1) is 0 Å². The normalized spacial score (nSPS) is 13.4. The lowest BCUT2D eigenvalue weighted by Crippen LogP contribution is -2.36. The van der Waals surface area contributed by atoms with Crippen molar-refractivity contribution in [2.75, 3.05) is 41.8 Å². The van der Waals surface area contributed by atoms with Crippen molar-refractivity contribution in [3.63, 3.8) is 0 Å². The Labute approximate surface area is 202 Å². The number of aromatic nitrogens is 2. The van der Waals surface area contributed by atoms with Crippen molar-refractivity contribution in [1.29, 1.82) is 0 Å². The van der Waals surface area contributed by atoms with Crippen molar-refractivity contribution in [2.24, 2.45) is 0 Å². The highest BCUT2D eigenvalue weighted by atomic mass is 16.5. The van der Waals surface area contributed by atoms with Gasteiger partial charge >= 0.3 is 0 Å². The number of hydrogen-bond donors (Lipinski definition) is 2. The number of nitrogens with zero attached hydrogens (tertiary/aromatic N) is 3. The van der Waals surface area contributed by atoms with Crippen LogP contribution in [-0.2, 0) is 9.53 Å². The van der Waals surface area contributed by atoms with Gasteiger partial charge in [0.1, 0.15) is 0 Å². The number of morpholine rings is 1. The van der Waals surface area contributed by atoms with Gasteiger partial charge in [-0.1, -0.05) is 6.58 Å². The first-order valence-electron chi connectivity index (χ1n) is 11.4. The number of rotatable bonds is 6. The molecule has 1 fully saturated rings. The second-order valence-corrected chi connectivity index (χ2v) is 8.17. The number of hydrogen-bond acceptors (Lipinski definition) is 5. The number of carbonyl (C=O) groups is 2. The van der Waals surface area contributed by atoms with E-state index in [4.69, 9.17) is 4.74 Å². The summed E-state index contributed by atoms with van der Waals surface area (Å²) in [4.78, 5) is 26.5. The van der Waals surface area contributed by atoms with Crippen LogP contribution in [0.5, 0.6) is 0 Å². The molecule has 35 heavy (non-hydrogen) atoms. The summed E-state index contributed by atoms with van der Waals surface area (Å²) >= 11 is 0. The Kier molecular flexibility index (Phi) is 6.28. The predicted molar refractivity (Wildman–Crippen MR) is 137 cm³/mol. The summed E-state index contributed by atoms with van der Waals surface area (Å²) in [5, 5.41) is 11.1. The van der Waals surface area contributed by atoms with Gasteiger partial charge in [0, 0.05) is 41.1 Å². The quantitative estimate of drug-likeness (QED) is 0.414.